The lowest BCUT2D eigenvalue weighted by Crippen LogP contribution is -2.30. The van der Waals surface area contributed by atoms with Crippen LogP contribution in [0, 0.1) is 5.82 Å². The summed E-state index contributed by atoms with van der Waals surface area (Å²) in [4.78, 5) is 23.5. The highest BCUT2D eigenvalue weighted by Gasteiger charge is 2.20. The molecule has 2 aromatic carbocycles. The molecule has 0 bridgehead atoms. The maximum Gasteiger partial charge on any atom is 0.305 e. The lowest BCUT2D eigenvalue weighted by molar-refractivity contribution is -0.137. The zero-order valence-electron chi connectivity index (χ0n) is 13.8. The van der Waals surface area contributed by atoms with E-state index in [2.05, 4.69) is 5.32 Å². The van der Waals surface area contributed by atoms with Gasteiger partial charge in [-0.25, -0.2) is 4.39 Å². The summed E-state index contributed by atoms with van der Waals surface area (Å²) in [5, 5.41) is 11.8. The van der Waals surface area contributed by atoms with Crippen molar-refractivity contribution in [3.05, 3.63) is 59.4 Å². The first-order valence-corrected chi connectivity index (χ1v) is 7.44. The molecule has 7 heteroatoms. The summed E-state index contributed by atoms with van der Waals surface area (Å²) in [5.41, 5.74) is 0.785. The summed E-state index contributed by atoms with van der Waals surface area (Å²) < 4.78 is 23.3. The number of benzene rings is 2. The summed E-state index contributed by atoms with van der Waals surface area (Å²) in [6.45, 7) is 0. The predicted molar refractivity (Wildman–Crippen MR) is 88.4 cm³/mol. The molecular weight excluding hydrogens is 329 g/mol. The van der Waals surface area contributed by atoms with E-state index < -0.39 is 23.7 Å². The van der Waals surface area contributed by atoms with Gasteiger partial charge >= 0.3 is 5.97 Å². The maximum atomic E-state index is 13.0. The number of carboxylic acid groups (broad SMARTS) is 1. The Morgan fingerprint density at radius 3 is 2.28 bits per heavy atom. The van der Waals surface area contributed by atoms with E-state index in [1.54, 1.807) is 18.2 Å². The van der Waals surface area contributed by atoms with Crippen LogP contribution < -0.4 is 14.8 Å². The summed E-state index contributed by atoms with van der Waals surface area (Å²) in [5.74, 6) is -1.12. The molecule has 0 spiro atoms. The van der Waals surface area contributed by atoms with Gasteiger partial charge in [0.05, 0.1) is 26.7 Å². The van der Waals surface area contributed by atoms with E-state index in [0.29, 0.717) is 17.1 Å². The predicted octanol–water partition coefficient (Wildman–Crippen LogP) is 2.79. The van der Waals surface area contributed by atoms with Crippen LogP contribution in [-0.4, -0.2) is 31.2 Å². The van der Waals surface area contributed by atoms with Crippen LogP contribution in [0.25, 0.3) is 0 Å². The van der Waals surface area contributed by atoms with Crippen LogP contribution in [0.4, 0.5) is 4.39 Å². The van der Waals surface area contributed by atoms with Gasteiger partial charge in [0.15, 0.2) is 11.5 Å². The number of nitrogens with one attached hydrogen (secondary N) is 1. The molecule has 2 N–H and O–H groups in total. The molecule has 0 aliphatic heterocycles. The van der Waals surface area contributed by atoms with Gasteiger partial charge in [-0.2, -0.15) is 0 Å². The molecule has 2 aromatic rings. The van der Waals surface area contributed by atoms with E-state index in [1.807, 2.05) is 0 Å². The first-order chi connectivity index (χ1) is 11.9. The molecule has 0 heterocycles. The quantitative estimate of drug-likeness (QED) is 0.804. The standard InChI is InChI=1S/C18H18FNO5/c1-24-15-8-5-12(9-16(15)25-2)14(10-17(21)22)20-18(23)11-3-6-13(19)7-4-11/h3-9,14H,10H2,1-2H3,(H,20,23)(H,21,22)/t14-/m1/s1. The molecule has 0 aliphatic rings. The molecule has 1 atom stereocenters. The second-order valence-electron chi connectivity index (χ2n) is 5.25. The second-order valence-corrected chi connectivity index (χ2v) is 5.25. The molecular formula is C18H18FNO5. The van der Waals surface area contributed by atoms with Crippen LogP contribution in [0.2, 0.25) is 0 Å². The number of methoxy groups -OCH3 is 2. The van der Waals surface area contributed by atoms with Crippen LogP contribution in [0.15, 0.2) is 42.5 Å². The van der Waals surface area contributed by atoms with E-state index in [0.717, 1.165) is 12.1 Å². The van der Waals surface area contributed by atoms with Gasteiger partial charge in [0.1, 0.15) is 5.82 Å². The molecule has 0 fully saturated rings. The Kier molecular flexibility index (Phi) is 5.94. The van der Waals surface area contributed by atoms with Crippen molar-refractivity contribution in [2.24, 2.45) is 0 Å². The van der Waals surface area contributed by atoms with Crippen molar-refractivity contribution in [3.8, 4) is 11.5 Å². The topological polar surface area (TPSA) is 84.9 Å². The van der Waals surface area contributed by atoms with Crippen molar-refractivity contribution >= 4 is 11.9 Å². The number of hydrogen-bond donors (Lipinski definition) is 2. The number of ether oxygens (including phenoxy) is 2. The van der Waals surface area contributed by atoms with E-state index in [9.17, 15) is 14.0 Å². The Morgan fingerprint density at radius 1 is 1.08 bits per heavy atom. The summed E-state index contributed by atoms with van der Waals surface area (Å²) >= 11 is 0. The van der Waals surface area contributed by atoms with Crippen LogP contribution in [0.3, 0.4) is 0 Å². The van der Waals surface area contributed by atoms with Gasteiger partial charge in [0.2, 0.25) is 0 Å². The number of amides is 1. The van der Waals surface area contributed by atoms with Gasteiger partial charge in [-0.3, -0.25) is 9.59 Å². The number of aliphatic carboxylic acids is 1. The number of hydrogen-bond acceptors (Lipinski definition) is 4. The second kappa shape index (κ2) is 8.14. The van der Waals surface area contributed by atoms with E-state index in [-0.39, 0.29) is 12.0 Å². The molecule has 25 heavy (non-hydrogen) atoms. The Labute approximate surface area is 144 Å². The normalized spacial score (nSPS) is 11.5. The van der Waals surface area contributed by atoms with E-state index >= 15 is 0 Å². The Bertz CT molecular complexity index is 761. The molecule has 2 rings (SSSR count). The number of carbonyl (C=O) groups is 2. The SMILES string of the molecule is COc1ccc([C@@H](CC(=O)O)NC(=O)c2ccc(F)cc2)cc1OC. The van der Waals surface area contributed by atoms with Crippen molar-refractivity contribution in [1.29, 1.82) is 0 Å². The number of carbonyl (C=O) groups excluding carboxylic acids is 1. The monoisotopic (exact) mass is 347 g/mol. The minimum absolute atomic E-state index is 0.234. The molecule has 132 valence electrons. The molecule has 6 nitrogen and oxygen atoms in total. The molecule has 0 aromatic heterocycles. The smallest absolute Gasteiger partial charge is 0.305 e. The van der Waals surface area contributed by atoms with Gasteiger partial charge in [0.25, 0.3) is 5.91 Å². The van der Waals surface area contributed by atoms with Crippen LogP contribution in [0.1, 0.15) is 28.4 Å². The molecule has 0 aliphatic carbocycles. The third-order valence-corrected chi connectivity index (χ3v) is 3.60. The minimum atomic E-state index is -1.07. The number of halogens is 1. The van der Waals surface area contributed by atoms with Gasteiger partial charge in [-0.05, 0) is 42.0 Å². The van der Waals surface area contributed by atoms with E-state index in [4.69, 9.17) is 14.6 Å². The fourth-order valence-corrected chi connectivity index (χ4v) is 2.34. The lowest BCUT2D eigenvalue weighted by atomic mass is 10.0. The van der Waals surface area contributed by atoms with Crippen molar-refractivity contribution in [1.82, 2.24) is 5.32 Å². The Balaban J connectivity index is 2.28. The summed E-state index contributed by atoms with van der Waals surface area (Å²) in [7, 11) is 2.95. The van der Waals surface area contributed by atoms with Crippen molar-refractivity contribution in [2.75, 3.05) is 14.2 Å². The zero-order chi connectivity index (χ0) is 18.4. The average Bonchev–Trinajstić information content (AvgIpc) is 2.60. The highest BCUT2D eigenvalue weighted by molar-refractivity contribution is 5.94. The Hall–Kier alpha value is -3.09. The highest BCUT2D eigenvalue weighted by atomic mass is 19.1. The van der Waals surface area contributed by atoms with Crippen molar-refractivity contribution < 1.29 is 28.6 Å². The van der Waals surface area contributed by atoms with Gasteiger partial charge in [-0.1, -0.05) is 6.07 Å². The van der Waals surface area contributed by atoms with Gasteiger partial charge in [-0.15, -0.1) is 0 Å². The van der Waals surface area contributed by atoms with Crippen molar-refractivity contribution in [2.45, 2.75) is 12.5 Å². The van der Waals surface area contributed by atoms with Crippen LogP contribution >= 0.6 is 0 Å². The summed E-state index contributed by atoms with van der Waals surface area (Å²) in [6.07, 6.45) is -0.317. The average molecular weight is 347 g/mol. The zero-order valence-corrected chi connectivity index (χ0v) is 13.8. The Morgan fingerprint density at radius 2 is 1.72 bits per heavy atom. The maximum absolute atomic E-state index is 13.0. The van der Waals surface area contributed by atoms with Gasteiger partial charge < -0.3 is 19.9 Å². The first kappa shape index (κ1) is 18.3. The molecule has 0 radical (unpaired) electrons. The van der Waals surface area contributed by atoms with E-state index in [1.165, 1.54) is 26.4 Å². The third-order valence-electron chi connectivity index (χ3n) is 3.60. The molecule has 1 amide bonds. The number of rotatable bonds is 7. The summed E-state index contributed by atoms with van der Waals surface area (Å²) in [6, 6.07) is 9.10. The third kappa shape index (κ3) is 4.69. The number of carboxylic acids is 1. The van der Waals surface area contributed by atoms with Gasteiger partial charge in [0, 0.05) is 5.56 Å². The lowest BCUT2D eigenvalue weighted by Gasteiger charge is -2.19. The van der Waals surface area contributed by atoms with Crippen LogP contribution in [-0.2, 0) is 4.79 Å². The molecule has 0 saturated carbocycles. The first-order valence-electron chi connectivity index (χ1n) is 7.44. The molecule has 0 unspecified atom stereocenters. The van der Waals surface area contributed by atoms with Crippen LogP contribution in [0.5, 0.6) is 11.5 Å². The fraction of sp³-hybridized carbons (Fsp3) is 0.222. The molecule has 0 saturated heterocycles. The minimum Gasteiger partial charge on any atom is -0.493 e. The fourth-order valence-electron chi connectivity index (χ4n) is 2.34. The largest absolute Gasteiger partial charge is 0.493 e. The van der Waals surface area contributed by atoms with Crippen molar-refractivity contribution in [3.63, 3.8) is 0 Å². The highest BCUT2D eigenvalue weighted by Crippen LogP contribution is 2.31.